The van der Waals surface area contributed by atoms with Crippen LogP contribution >= 0.6 is 0 Å². The van der Waals surface area contributed by atoms with E-state index in [1.54, 1.807) is 0 Å². The fraction of sp³-hybridized carbons (Fsp3) is 0.800. The first-order valence-corrected chi connectivity index (χ1v) is 2.44. The molecular formula is C5H10O2. The van der Waals surface area contributed by atoms with E-state index in [0.29, 0.717) is 12.7 Å². The number of aldehydes is 1. The van der Waals surface area contributed by atoms with Gasteiger partial charge in [0.15, 0.2) is 0 Å². The van der Waals surface area contributed by atoms with Crippen molar-refractivity contribution in [1.29, 1.82) is 0 Å². The lowest BCUT2D eigenvalue weighted by atomic mass is 10.2. The van der Waals surface area contributed by atoms with Gasteiger partial charge in [-0.15, -0.1) is 0 Å². The predicted octanol–water partition coefficient (Wildman–Crippen LogP) is 0.346. The summed E-state index contributed by atoms with van der Waals surface area (Å²) in [5, 5.41) is 8.49. The molecule has 1 N–H and O–H groups in total. The van der Waals surface area contributed by atoms with Crippen molar-refractivity contribution < 1.29 is 9.90 Å². The zero-order chi connectivity index (χ0) is 5.70. The van der Waals surface area contributed by atoms with Gasteiger partial charge in [0.25, 0.3) is 0 Å². The molecule has 0 saturated heterocycles. The van der Waals surface area contributed by atoms with Crippen molar-refractivity contribution in [3.63, 3.8) is 0 Å². The molecule has 1 atom stereocenters. The molecule has 0 bridgehead atoms. The third kappa shape index (κ3) is 3.46. The summed E-state index contributed by atoms with van der Waals surface area (Å²) in [5.74, 6) is 0. The number of carbonyl (C=O) groups excluding carboxylic acids is 1. The van der Waals surface area contributed by atoms with E-state index in [1.165, 1.54) is 0 Å². The Morgan fingerprint density at radius 3 is 2.57 bits per heavy atom. The molecule has 0 aromatic rings. The molecule has 0 aliphatic rings. The van der Waals surface area contributed by atoms with Crippen LogP contribution < -0.4 is 0 Å². The minimum absolute atomic E-state index is 0.559. The second-order valence-electron chi connectivity index (χ2n) is 1.49. The molecule has 2 heteroatoms. The Bertz CT molecular complexity index is 52.0. The molecule has 0 heterocycles. The highest BCUT2D eigenvalue weighted by molar-refractivity contribution is 5.55. The molecule has 0 aromatic heterocycles. The molecule has 0 spiro atoms. The predicted molar refractivity (Wildman–Crippen MR) is 27.0 cm³/mol. The Kier molecular flexibility index (Phi) is 3.61. The Morgan fingerprint density at radius 2 is 2.43 bits per heavy atom. The smallest absolute Gasteiger partial charge is 0.148 e. The van der Waals surface area contributed by atoms with Gasteiger partial charge in [0.2, 0.25) is 0 Å². The molecule has 0 aromatic carbocycles. The molecule has 0 radical (unpaired) electrons. The maximum Gasteiger partial charge on any atom is 0.148 e. The highest BCUT2D eigenvalue weighted by atomic mass is 16.3. The van der Waals surface area contributed by atoms with E-state index in [-0.39, 0.29) is 0 Å². The maximum atomic E-state index is 9.64. The van der Waals surface area contributed by atoms with Crippen molar-refractivity contribution in [1.82, 2.24) is 0 Å². The average Bonchev–Trinajstić information content (AvgIpc) is 1.68. The zero-order valence-corrected chi connectivity index (χ0v) is 4.42. The summed E-state index contributed by atoms with van der Waals surface area (Å²) in [5.41, 5.74) is 0. The summed E-state index contributed by atoms with van der Waals surface area (Å²) in [6, 6.07) is 0. The van der Waals surface area contributed by atoms with Crippen LogP contribution in [0.25, 0.3) is 0 Å². The summed E-state index contributed by atoms with van der Waals surface area (Å²) >= 11 is 0. The molecular weight excluding hydrogens is 92.1 g/mol. The molecule has 1 unspecified atom stereocenters. The maximum absolute atomic E-state index is 9.64. The number of hydrogen-bond donors (Lipinski definition) is 1. The number of rotatable bonds is 3. The summed E-state index contributed by atoms with van der Waals surface area (Å²) in [6.45, 7) is 1.92. The van der Waals surface area contributed by atoms with Crippen molar-refractivity contribution in [2.45, 2.75) is 25.9 Å². The van der Waals surface area contributed by atoms with Gasteiger partial charge in [-0.3, -0.25) is 0 Å². The lowest BCUT2D eigenvalue weighted by Gasteiger charge is -1.94. The van der Waals surface area contributed by atoms with Gasteiger partial charge in [-0.2, -0.15) is 0 Å². The third-order valence-corrected chi connectivity index (χ3v) is 0.742. The number of hydrogen-bond acceptors (Lipinski definition) is 2. The Balaban J connectivity index is 2.98. The highest BCUT2D eigenvalue weighted by Gasteiger charge is 1.95. The van der Waals surface area contributed by atoms with Gasteiger partial charge in [0.1, 0.15) is 12.4 Å². The molecule has 0 amide bonds. The van der Waals surface area contributed by atoms with Crippen LogP contribution in [0.5, 0.6) is 0 Å². The number of carbonyl (C=O) groups is 1. The Morgan fingerprint density at radius 1 is 1.86 bits per heavy atom. The summed E-state index contributed by atoms with van der Waals surface area (Å²) < 4.78 is 0. The molecule has 0 aliphatic heterocycles. The lowest BCUT2D eigenvalue weighted by Crippen LogP contribution is -2.05. The molecule has 0 fully saturated rings. The fourth-order valence-electron chi connectivity index (χ4n) is 0.364. The van der Waals surface area contributed by atoms with Crippen LogP contribution in [0.1, 0.15) is 19.8 Å². The average molecular weight is 102 g/mol. The van der Waals surface area contributed by atoms with Gasteiger partial charge >= 0.3 is 0 Å². The van der Waals surface area contributed by atoms with Gasteiger partial charge in [-0.25, -0.2) is 0 Å². The quantitative estimate of drug-likeness (QED) is 0.522. The van der Waals surface area contributed by atoms with E-state index in [4.69, 9.17) is 5.11 Å². The van der Waals surface area contributed by atoms with E-state index >= 15 is 0 Å². The van der Waals surface area contributed by atoms with Crippen molar-refractivity contribution in [2.75, 3.05) is 0 Å². The second kappa shape index (κ2) is 3.81. The fourth-order valence-corrected chi connectivity index (χ4v) is 0.364. The molecule has 2 nitrogen and oxygen atoms in total. The lowest BCUT2D eigenvalue weighted by molar-refractivity contribution is -0.115. The SMILES string of the molecule is CCCC(O)C=O. The van der Waals surface area contributed by atoms with E-state index in [0.717, 1.165) is 6.42 Å². The highest BCUT2D eigenvalue weighted by Crippen LogP contribution is 1.89. The van der Waals surface area contributed by atoms with Crippen molar-refractivity contribution >= 4 is 6.29 Å². The summed E-state index contributed by atoms with van der Waals surface area (Å²) in [7, 11) is 0. The van der Waals surface area contributed by atoms with E-state index in [2.05, 4.69) is 0 Å². The Labute approximate surface area is 43.2 Å². The molecule has 0 rings (SSSR count). The van der Waals surface area contributed by atoms with Crippen LogP contribution in [0.2, 0.25) is 0 Å². The van der Waals surface area contributed by atoms with Crippen LogP contribution in [0.4, 0.5) is 0 Å². The van der Waals surface area contributed by atoms with Gasteiger partial charge in [-0.05, 0) is 6.42 Å². The minimum atomic E-state index is -0.731. The van der Waals surface area contributed by atoms with Crippen molar-refractivity contribution in [3.8, 4) is 0 Å². The minimum Gasteiger partial charge on any atom is -0.386 e. The van der Waals surface area contributed by atoms with Crippen LogP contribution in [0, 0.1) is 0 Å². The largest absolute Gasteiger partial charge is 0.386 e. The van der Waals surface area contributed by atoms with Crippen LogP contribution in [-0.4, -0.2) is 17.5 Å². The van der Waals surface area contributed by atoms with Gasteiger partial charge < -0.3 is 9.90 Å². The Hall–Kier alpha value is -0.370. The zero-order valence-electron chi connectivity index (χ0n) is 4.42. The van der Waals surface area contributed by atoms with Gasteiger partial charge in [-0.1, -0.05) is 13.3 Å². The molecule has 0 aliphatic carbocycles. The second-order valence-corrected chi connectivity index (χ2v) is 1.49. The molecule has 0 saturated carbocycles. The van der Waals surface area contributed by atoms with E-state index in [1.807, 2.05) is 6.92 Å². The number of aliphatic hydroxyl groups excluding tert-OH is 1. The first kappa shape index (κ1) is 6.63. The first-order chi connectivity index (χ1) is 3.31. The number of aliphatic hydroxyl groups is 1. The van der Waals surface area contributed by atoms with Crippen molar-refractivity contribution in [2.24, 2.45) is 0 Å². The van der Waals surface area contributed by atoms with Crippen LogP contribution in [-0.2, 0) is 4.79 Å². The first-order valence-electron chi connectivity index (χ1n) is 2.44. The summed E-state index contributed by atoms with van der Waals surface area (Å²) in [6.07, 6.45) is 1.28. The molecule has 42 valence electrons. The van der Waals surface area contributed by atoms with E-state index < -0.39 is 6.10 Å². The molecule has 7 heavy (non-hydrogen) atoms. The standard InChI is InChI=1S/C5H10O2/c1-2-3-5(7)4-6/h4-5,7H,2-3H2,1H3. The van der Waals surface area contributed by atoms with Gasteiger partial charge in [0, 0.05) is 0 Å². The van der Waals surface area contributed by atoms with E-state index in [9.17, 15) is 4.79 Å². The van der Waals surface area contributed by atoms with Gasteiger partial charge in [0.05, 0.1) is 0 Å². The van der Waals surface area contributed by atoms with Crippen molar-refractivity contribution in [3.05, 3.63) is 0 Å². The monoisotopic (exact) mass is 102 g/mol. The normalized spacial score (nSPS) is 13.4. The third-order valence-electron chi connectivity index (χ3n) is 0.742. The topological polar surface area (TPSA) is 37.3 Å². The summed E-state index contributed by atoms with van der Waals surface area (Å²) in [4.78, 5) is 9.64. The van der Waals surface area contributed by atoms with Crippen LogP contribution in [0.15, 0.2) is 0 Å². The van der Waals surface area contributed by atoms with Crippen LogP contribution in [0.3, 0.4) is 0 Å².